The monoisotopic (exact) mass is 247 g/mol. The Morgan fingerprint density at radius 2 is 2.33 bits per heavy atom. The van der Waals surface area contributed by atoms with E-state index in [2.05, 4.69) is 17.2 Å². The number of nitrogens with one attached hydrogen (secondary N) is 2. The van der Waals surface area contributed by atoms with Crippen LogP contribution in [-0.4, -0.2) is 32.4 Å². The Labute approximate surface area is 105 Å². The largest absolute Gasteiger partial charge is 0.332 e. The van der Waals surface area contributed by atoms with Gasteiger partial charge in [-0.05, 0) is 19.3 Å². The molecule has 0 radical (unpaired) electrons. The zero-order chi connectivity index (χ0) is 12.7. The highest BCUT2D eigenvalue weighted by Gasteiger charge is 2.46. The second-order valence-electron chi connectivity index (χ2n) is 4.90. The maximum absolute atomic E-state index is 11.9. The number of carbonyl (C=O) groups excluding carboxylic acids is 1. The van der Waals surface area contributed by atoms with Crippen molar-refractivity contribution < 1.29 is 4.79 Å². The van der Waals surface area contributed by atoms with Crippen LogP contribution < -0.4 is 5.32 Å². The summed E-state index contributed by atoms with van der Waals surface area (Å²) in [6.45, 7) is 2.97. The molecule has 1 aromatic rings. The normalized spacial score (nSPS) is 23.6. The van der Waals surface area contributed by atoms with Gasteiger partial charge in [0.25, 0.3) is 0 Å². The molecule has 3 rings (SSSR count). The summed E-state index contributed by atoms with van der Waals surface area (Å²) in [5, 5.41) is 10.6. The number of carbonyl (C=O) groups is 1. The Balaban J connectivity index is 1.95. The summed E-state index contributed by atoms with van der Waals surface area (Å²) in [7, 11) is 0. The summed E-state index contributed by atoms with van der Waals surface area (Å²) in [5.74, 6) is 0.268. The van der Waals surface area contributed by atoms with Gasteiger partial charge < -0.3 is 9.47 Å². The summed E-state index contributed by atoms with van der Waals surface area (Å²) in [4.78, 5) is 17.8. The van der Waals surface area contributed by atoms with Crippen LogP contribution in [0.5, 0.6) is 0 Å². The van der Waals surface area contributed by atoms with Crippen LogP contribution >= 0.6 is 0 Å². The molecule has 1 unspecified atom stereocenters. The van der Waals surface area contributed by atoms with Crippen LogP contribution in [0, 0.1) is 5.41 Å². The van der Waals surface area contributed by atoms with Crippen molar-refractivity contribution in [3.8, 4) is 0 Å². The highest BCUT2D eigenvalue weighted by atomic mass is 16.2. The molecule has 2 N–H and O–H groups in total. The standard InChI is InChI=1S/C12H17N5O/c1-2-5-16-7-14-6-9(16)10-11(13)15-12(18)17(10)8-3-4-8/h6-8,10H,2-5H2,1H3,(H2,13,15,18). The van der Waals surface area contributed by atoms with Crippen LogP contribution in [0.1, 0.15) is 37.9 Å². The lowest BCUT2D eigenvalue weighted by Crippen LogP contribution is -2.32. The summed E-state index contributed by atoms with van der Waals surface area (Å²) in [5.41, 5.74) is 0.937. The van der Waals surface area contributed by atoms with Crippen molar-refractivity contribution in [2.45, 2.75) is 44.8 Å². The van der Waals surface area contributed by atoms with Crippen molar-refractivity contribution in [2.24, 2.45) is 0 Å². The van der Waals surface area contributed by atoms with E-state index >= 15 is 0 Å². The first-order valence-electron chi connectivity index (χ1n) is 6.40. The Bertz CT molecular complexity index is 490. The number of hydrogen-bond acceptors (Lipinski definition) is 3. The van der Waals surface area contributed by atoms with Crippen LogP contribution in [0.2, 0.25) is 0 Å². The van der Waals surface area contributed by atoms with Gasteiger partial charge in [-0.25, -0.2) is 9.78 Å². The van der Waals surface area contributed by atoms with Crippen molar-refractivity contribution in [3.63, 3.8) is 0 Å². The predicted molar refractivity (Wildman–Crippen MR) is 66.4 cm³/mol. The van der Waals surface area contributed by atoms with Crippen LogP contribution in [0.25, 0.3) is 0 Å². The molecule has 6 heteroatoms. The third-order valence-electron chi connectivity index (χ3n) is 3.46. The van der Waals surface area contributed by atoms with Crippen LogP contribution in [0.4, 0.5) is 4.79 Å². The van der Waals surface area contributed by atoms with E-state index in [1.165, 1.54) is 0 Å². The smallest absolute Gasteiger partial charge is 0.324 e. The van der Waals surface area contributed by atoms with Crippen LogP contribution in [-0.2, 0) is 6.54 Å². The van der Waals surface area contributed by atoms with E-state index in [9.17, 15) is 4.79 Å². The lowest BCUT2D eigenvalue weighted by Gasteiger charge is -2.23. The van der Waals surface area contributed by atoms with E-state index in [0.717, 1.165) is 31.5 Å². The van der Waals surface area contributed by atoms with E-state index in [1.54, 1.807) is 17.4 Å². The zero-order valence-corrected chi connectivity index (χ0v) is 10.4. The maximum atomic E-state index is 11.9. The van der Waals surface area contributed by atoms with Crippen LogP contribution in [0.15, 0.2) is 12.5 Å². The molecule has 2 amide bonds. The van der Waals surface area contributed by atoms with Gasteiger partial charge in [-0.3, -0.25) is 10.7 Å². The lowest BCUT2D eigenvalue weighted by molar-refractivity contribution is 0.201. The summed E-state index contributed by atoms with van der Waals surface area (Å²) in [6, 6.07) is -0.126. The first-order chi connectivity index (χ1) is 8.72. The van der Waals surface area contributed by atoms with E-state index in [4.69, 9.17) is 5.41 Å². The number of aromatic nitrogens is 2. The van der Waals surface area contributed by atoms with Crippen molar-refractivity contribution in [1.82, 2.24) is 19.8 Å². The Morgan fingerprint density at radius 3 is 3.00 bits per heavy atom. The maximum Gasteiger partial charge on any atom is 0.324 e. The molecule has 0 spiro atoms. The average Bonchev–Trinajstić information content (AvgIpc) is 2.99. The molecule has 1 aromatic heterocycles. The molecule has 1 aliphatic heterocycles. The van der Waals surface area contributed by atoms with Gasteiger partial charge in [-0.2, -0.15) is 0 Å². The van der Waals surface area contributed by atoms with Crippen molar-refractivity contribution >= 4 is 11.9 Å². The Morgan fingerprint density at radius 1 is 1.56 bits per heavy atom. The van der Waals surface area contributed by atoms with Gasteiger partial charge in [0.2, 0.25) is 0 Å². The molecular weight excluding hydrogens is 230 g/mol. The second kappa shape index (κ2) is 4.12. The summed E-state index contributed by atoms with van der Waals surface area (Å²) >= 11 is 0. The molecule has 2 heterocycles. The summed E-state index contributed by atoms with van der Waals surface area (Å²) in [6.07, 6.45) is 6.64. The van der Waals surface area contributed by atoms with E-state index < -0.39 is 0 Å². The van der Waals surface area contributed by atoms with Crippen molar-refractivity contribution in [1.29, 1.82) is 5.41 Å². The molecule has 2 aliphatic rings. The van der Waals surface area contributed by atoms with Crippen molar-refractivity contribution in [3.05, 3.63) is 18.2 Å². The molecule has 6 nitrogen and oxygen atoms in total. The van der Waals surface area contributed by atoms with Gasteiger partial charge in [-0.15, -0.1) is 0 Å². The van der Waals surface area contributed by atoms with Crippen LogP contribution in [0.3, 0.4) is 0 Å². The molecule has 0 bridgehead atoms. The zero-order valence-electron chi connectivity index (χ0n) is 10.4. The molecule has 1 aliphatic carbocycles. The number of amides is 2. The fraction of sp³-hybridized carbons (Fsp3) is 0.583. The second-order valence-corrected chi connectivity index (χ2v) is 4.90. The number of nitrogens with zero attached hydrogens (tertiary/aromatic N) is 3. The van der Waals surface area contributed by atoms with Gasteiger partial charge in [-0.1, -0.05) is 6.92 Å². The van der Waals surface area contributed by atoms with E-state index in [0.29, 0.717) is 6.04 Å². The topological polar surface area (TPSA) is 74.0 Å². The molecule has 1 atom stereocenters. The average molecular weight is 247 g/mol. The van der Waals surface area contributed by atoms with Gasteiger partial charge >= 0.3 is 6.03 Å². The first-order valence-corrected chi connectivity index (χ1v) is 6.40. The number of rotatable bonds is 4. The van der Waals surface area contributed by atoms with Crippen molar-refractivity contribution in [2.75, 3.05) is 0 Å². The molecule has 96 valence electrons. The highest BCUT2D eigenvalue weighted by Crippen LogP contribution is 2.37. The van der Waals surface area contributed by atoms with Gasteiger partial charge in [0, 0.05) is 12.6 Å². The molecule has 0 aromatic carbocycles. The number of imidazole rings is 1. The molecular formula is C12H17N5O. The quantitative estimate of drug-likeness (QED) is 0.846. The number of amidine groups is 1. The Hall–Kier alpha value is -1.85. The molecule has 2 fully saturated rings. The minimum absolute atomic E-state index is 0.142. The van der Waals surface area contributed by atoms with Gasteiger partial charge in [0.1, 0.15) is 11.9 Å². The predicted octanol–water partition coefficient (Wildman–Crippen LogP) is 1.50. The molecule has 1 saturated heterocycles. The third kappa shape index (κ3) is 1.68. The first kappa shape index (κ1) is 11.3. The van der Waals surface area contributed by atoms with Gasteiger partial charge in [0.05, 0.1) is 18.2 Å². The fourth-order valence-corrected chi connectivity index (χ4v) is 2.51. The summed E-state index contributed by atoms with van der Waals surface area (Å²) < 4.78 is 2.04. The highest BCUT2D eigenvalue weighted by molar-refractivity contribution is 6.06. The van der Waals surface area contributed by atoms with E-state index in [-0.39, 0.29) is 17.9 Å². The Kier molecular flexibility index (Phi) is 2.57. The molecule has 1 saturated carbocycles. The van der Waals surface area contributed by atoms with Gasteiger partial charge in [0.15, 0.2) is 0 Å². The molecule has 18 heavy (non-hydrogen) atoms. The minimum Gasteiger partial charge on any atom is -0.332 e. The fourth-order valence-electron chi connectivity index (χ4n) is 2.51. The number of hydrogen-bond donors (Lipinski definition) is 2. The number of aryl methyl sites for hydroxylation is 1. The lowest BCUT2D eigenvalue weighted by atomic mass is 10.2. The van der Waals surface area contributed by atoms with E-state index in [1.807, 2.05) is 4.57 Å². The SMILES string of the molecule is CCCn1cncc1C1C(=N)NC(=O)N1C1CC1. The minimum atomic E-state index is -0.279. The number of urea groups is 1. The third-order valence-corrected chi connectivity index (χ3v) is 3.46.